The second-order valence-electron chi connectivity index (χ2n) is 9.41. The van der Waals surface area contributed by atoms with E-state index in [9.17, 15) is 22.8 Å². The number of nitrogens with one attached hydrogen (secondary N) is 1. The molecule has 0 aliphatic carbocycles. The van der Waals surface area contributed by atoms with Crippen LogP contribution >= 0.6 is 11.3 Å². The van der Waals surface area contributed by atoms with Crippen molar-refractivity contribution in [2.45, 2.75) is 37.8 Å². The summed E-state index contributed by atoms with van der Waals surface area (Å²) in [7, 11) is -2.44. The smallest absolute Gasteiger partial charge is 0.409 e. The Hall–Kier alpha value is -3.74. The number of hydrogen-bond donors (Lipinski definition) is 1. The maximum Gasteiger partial charge on any atom is 0.409 e. The zero-order chi connectivity index (χ0) is 28.4. The van der Waals surface area contributed by atoms with Gasteiger partial charge in [0.1, 0.15) is 5.00 Å². The number of amides is 2. The Morgan fingerprint density at radius 2 is 1.70 bits per heavy atom. The van der Waals surface area contributed by atoms with Crippen molar-refractivity contribution in [1.29, 1.82) is 0 Å². The van der Waals surface area contributed by atoms with Crippen molar-refractivity contribution >= 4 is 44.3 Å². The number of rotatable bonds is 6. The van der Waals surface area contributed by atoms with Crippen molar-refractivity contribution in [3.63, 3.8) is 0 Å². The number of esters is 1. The van der Waals surface area contributed by atoms with Gasteiger partial charge in [0, 0.05) is 30.1 Å². The summed E-state index contributed by atoms with van der Waals surface area (Å²) < 4.78 is 38.1. The van der Waals surface area contributed by atoms with Gasteiger partial charge in [0.2, 0.25) is 10.0 Å². The van der Waals surface area contributed by atoms with Gasteiger partial charge in [0.25, 0.3) is 5.91 Å². The van der Waals surface area contributed by atoms with Crippen molar-refractivity contribution in [2.75, 3.05) is 32.1 Å². The second kappa shape index (κ2) is 11.4. The van der Waals surface area contributed by atoms with Crippen molar-refractivity contribution < 1.29 is 32.3 Å². The highest BCUT2D eigenvalue weighted by atomic mass is 32.2. The third-order valence-electron chi connectivity index (χ3n) is 7.05. The van der Waals surface area contributed by atoms with Gasteiger partial charge in [-0.3, -0.25) is 4.79 Å². The molecule has 12 heteroatoms. The molecule has 3 aromatic rings. The summed E-state index contributed by atoms with van der Waals surface area (Å²) in [5.41, 5.74) is 3.39. The molecule has 5 rings (SSSR count). The Bertz CT molecular complexity index is 1560. The summed E-state index contributed by atoms with van der Waals surface area (Å²) in [6.07, 6.45) is 0.588. The summed E-state index contributed by atoms with van der Waals surface area (Å²) in [5, 5.41) is 3.12. The van der Waals surface area contributed by atoms with Crippen molar-refractivity contribution in [3.05, 3.63) is 81.2 Å². The quantitative estimate of drug-likeness (QED) is 0.435. The van der Waals surface area contributed by atoms with Gasteiger partial charge in [-0.15, -0.1) is 11.3 Å². The van der Waals surface area contributed by atoms with Crippen LogP contribution in [0.3, 0.4) is 0 Å². The fourth-order valence-electron chi connectivity index (χ4n) is 4.97. The fourth-order valence-corrected chi connectivity index (χ4v) is 7.64. The first kappa shape index (κ1) is 27.8. The number of benzene rings is 2. The first-order valence-electron chi connectivity index (χ1n) is 12.9. The van der Waals surface area contributed by atoms with Crippen LogP contribution in [-0.4, -0.2) is 62.4 Å². The Morgan fingerprint density at radius 3 is 2.40 bits per heavy atom. The third kappa shape index (κ3) is 5.34. The lowest BCUT2D eigenvalue weighted by atomic mass is 10.0. The molecule has 40 heavy (non-hydrogen) atoms. The van der Waals surface area contributed by atoms with E-state index < -0.39 is 28.0 Å². The summed E-state index contributed by atoms with van der Waals surface area (Å²) in [4.78, 5) is 40.4. The standard InChI is InChI=1S/C28H29N3O7S2/c1-3-38-27(33)24-22-13-14-30(28(34)37-2)17-23(22)39-26(24)29-25(32)19-8-10-21(11-9-19)40(35,36)31-15-12-18-6-4-5-7-20(18)16-31/h4-11H,3,12-17H2,1-2H3,(H,29,32). The first-order chi connectivity index (χ1) is 19.2. The minimum absolute atomic E-state index is 0.102. The number of hydrogen-bond acceptors (Lipinski definition) is 8. The number of methoxy groups -OCH3 is 1. The van der Waals surface area contributed by atoms with E-state index in [1.54, 1.807) is 6.92 Å². The fraction of sp³-hybridized carbons (Fsp3) is 0.321. The van der Waals surface area contributed by atoms with E-state index in [0.29, 0.717) is 37.5 Å². The van der Waals surface area contributed by atoms with Gasteiger partial charge in [-0.05, 0) is 60.7 Å². The molecule has 210 valence electrons. The molecule has 0 fully saturated rings. The Labute approximate surface area is 236 Å². The van der Waals surface area contributed by atoms with E-state index in [-0.39, 0.29) is 29.2 Å². The Kier molecular flexibility index (Phi) is 7.92. The monoisotopic (exact) mass is 583 g/mol. The van der Waals surface area contributed by atoms with E-state index in [4.69, 9.17) is 9.47 Å². The molecule has 3 heterocycles. The number of sulfonamides is 1. The van der Waals surface area contributed by atoms with Gasteiger partial charge < -0.3 is 19.7 Å². The summed E-state index contributed by atoms with van der Waals surface area (Å²) >= 11 is 1.21. The van der Waals surface area contributed by atoms with Gasteiger partial charge in [0.15, 0.2) is 0 Å². The van der Waals surface area contributed by atoms with Crippen LogP contribution in [0.2, 0.25) is 0 Å². The molecule has 1 aromatic heterocycles. The first-order valence-corrected chi connectivity index (χ1v) is 15.1. The van der Waals surface area contributed by atoms with Gasteiger partial charge >= 0.3 is 12.1 Å². The third-order valence-corrected chi connectivity index (χ3v) is 10.0. The van der Waals surface area contributed by atoms with Gasteiger partial charge in [-0.25, -0.2) is 18.0 Å². The minimum Gasteiger partial charge on any atom is -0.462 e. The van der Waals surface area contributed by atoms with E-state index in [1.807, 2.05) is 24.3 Å². The summed E-state index contributed by atoms with van der Waals surface area (Å²) in [6, 6.07) is 13.5. The molecule has 10 nitrogen and oxygen atoms in total. The number of thiophene rings is 1. The lowest BCUT2D eigenvalue weighted by Crippen LogP contribution is -2.35. The topological polar surface area (TPSA) is 122 Å². The number of nitrogens with zero attached hydrogens (tertiary/aromatic N) is 2. The van der Waals surface area contributed by atoms with Gasteiger partial charge in [0.05, 0.1) is 30.7 Å². The number of anilines is 1. The molecule has 0 saturated carbocycles. The normalized spacial score (nSPS) is 15.1. The second-order valence-corrected chi connectivity index (χ2v) is 12.4. The van der Waals surface area contributed by atoms with Gasteiger partial charge in [-0.1, -0.05) is 24.3 Å². The Balaban J connectivity index is 1.35. The van der Waals surface area contributed by atoms with E-state index in [2.05, 4.69) is 5.32 Å². The molecular weight excluding hydrogens is 554 g/mol. The summed E-state index contributed by atoms with van der Waals surface area (Å²) in [5.74, 6) is -1.05. The molecule has 0 bridgehead atoms. The molecule has 0 saturated heterocycles. The highest BCUT2D eigenvalue weighted by Gasteiger charge is 2.32. The largest absolute Gasteiger partial charge is 0.462 e. The van der Waals surface area contributed by atoms with Crippen LogP contribution < -0.4 is 5.32 Å². The van der Waals surface area contributed by atoms with Crippen molar-refractivity contribution in [2.24, 2.45) is 0 Å². The molecule has 2 aliphatic rings. The molecular formula is C28H29N3O7S2. The molecule has 1 N–H and O–H groups in total. The van der Waals surface area contributed by atoms with Crippen LogP contribution in [0.1, 0.15) is 49.2 Å². The summed E-state index contributed by atoms with van der Waals surface area (Å²) in [6.45, 7) is 3.18. The van der Waals surface area contributed by atoms with E-state index >= 15 is 0 Å². The molecule has 0 radical (unpaired) electrons. The van der Waals surface area contributed by atoms with Gasteiger partial charge in [-0.2, -0.15) is 4.31 Å². The maximum absolute atomic E-state index is 13.3. The predicted molar refractivity (Wildman–Crippen MR) is 149 cm³/mol. The van der Waals surface area contributed by atoms with Crippen LogP contribution in [-0.2, 0) is 45.4 Å². The minimum atomic E-state index is -3.75. The van der Waals surface area contributed by atoms with Crippen LogP contribution in [0.25, 0.3) is 0 Å². The lowest BCUT2D eigenvalue weighted by molar-refractivity contribution is 0.0526. The van der Waals surface area contributed by atoms with Crippen LogP contribution in [0.4, 0.5) is 9.80 Å². The predicted octanol–water partition coefficient (Wildman–Crippen LogP) is 4.05. The number of carbonyl (C=O) groups is 3. The zero-order valence-electron chi connectivity index (χ0n) is 22.1. The SMILES string of the molecule is CCOC(=O)c1c(NC(=O)c2ccc(S(=O)(=O)N3CCc4ccccc4C3)cc2)sc2c1CCN(C(=O)OC)C2. The highest BCUT2D eigenvalue weighted by molar-refractivity contribution is 7.89. The molecule has 0 atom stereocenters. The number of ether oxygens (including phenoxy) is 2. The maximum atomic E-state index is 13.3. The number of carbonyl (C=O) groups excluding carboxylic acids is 3. The van der Waals surface area contributed by atoms with Crippen molar-refractivity contribution in [3.8, 4) is 0 Å². The zero-order valence-corrected chi connectivity index (χ0v) is 23.8. The van der Waals surface area contributed by atoms with Crippen LogP contribution in [0.5, 0.6) is 0 Å². The average Bonchev–Trinajstić information content (AvgIpc) is 3.33. The van der Waals surface area contributed by atoms with Crippen LogP contribution in [0.15, 0.2) is 53.4 Å². The molecule has 0 unspecified atom stereocenters. The van der Waals surface area contributed by atoms with Crippen LogP contribution in [0, 0.1) is 0 Å². The molecule has 2 aromatic carbocycles. The van der Waals surface area contributed by atoms with E-state index in [1.165, 1.54) is 51.9 Å². The molecule has 0 spiro atoms. The lowest BCUT2D eigenvalue weighted by Gasteiger charge is -2.28. The molecule has 2 amide bonds. The Morgan fingerprint density at radius 1 is 0.975 bits per heavy atom. The van der Waals surface area contributed by atoms with E-state index in [0.717, 1.165) is 21.6 Å². The number of fused-ring (bicyclic) bond motifs is 2. The molecule has 2 aliphatic heterocycles. The highest BCUT2D eigenvalue weighted by Crippen LogP contribution is 2.38. The van der Waals surface area contributed by atoms with Crippen molar-refractivity contribution in [1.82, 2.24) is 9.21 Å². The average molecular weight is 584 g/mol.